The molecule has 0 spiro atoms. The summed E-state index contributed by atoms with van der Waals surface area (Å²) in [5.41, 5.74) is 0.469. The lowest BCUT2D eigenvalue weighted by Gasteiger charge is -2.33. The number of aliphatic carboxylic acids is 1. The number of carboxylic acid groups (broad SMARTS) is 1. The maximum atomic E-state index is 12.2. The van der Waals surface area contributed by atoms with Crippen molar-refractivity contribution >= 4 is 35.4 Å². The molecule has 0 bridgehead atoms. The summed E-state index contributed by atoms with van der Waals surface area (Å²) in [4.78, 5) is 23.3. The lowest BCUT2D eigenvalue weighted by Crippen LogP contribution is -2.52. The van der Waals surface area contributed by atoms with Crippen molar-refractivity contribution in [3.63, 3.8) is 0 Å². The Morgan fingerprint density at radius 3 is 2.42 bits per heavy atom. The summed E-state index contributed by atoms with van der Waals surface area (Å²) in [5, 5.41) is 11.9. The number of thioether (sulfide) groups is 2. The van der Waals surface area contributed by atoms with E-state index in [-0.39, 0.29) is 24.9 Å². The van der Waals surface area contributed by atoms with Crippen LogP contribution in [0.25, 0.3) is 0 Å². The van der Waals surface area contributed by atoms with Crippen LogP contribution < -0.4 is 10.1 Å². The van der Waals surface area contributed by atoms with Gasteiger partial charge in [-0.3, -0.25) is 9.59 Å². The van der Waals surface area contributed by atoms with E-state index in [0.717, 1.165) is 0 Å². The average Bonchev–Trinajstić information content (AvgIpc) is 2.60. The zero-order valence-electron chi connectivity index (χ0n) is 15.5. The minimum atomic E-state index is -0.934. The number of ether oxygens (including phenoxy) is 1. The molecule has 2 N–H and O–H groups in total. The topological polar surface area (TPSA) is 75.6 Å². The predicted molar refractivity (Wildman–Crippen MR) is 108 cm³/mol. The van der Waals surface area contributed by atoms with Crippen molar-refractivity contribution in [1.29, 1.82) is 0 Å². The van der Waals surface area contributed by atoms with Gasteiger partial charge in [0.15, 0.2) is 6.61 Å². The van der Waals surface area contributed by atoms with Gasteiger partial charge in [-0.1, -0.05) is 26.0 Å². The minimum Gasteiger partial charge on any atom is -0.484 e. The molecular formula is C19H27NO4S2. The van der Waals surface area contributed by atoms with Gasteiger partial charge in [0, 0.05) is 0 Å². The van der Waals surface area contributed by atoms with E-state index < -0.39 is 11.5 Å². The molecule has 0 aliphatic carbocycles. The zero-order chi connectivity index (χ0) is 19.2. The molecule has 7 heteroatoms. The summed E-state index contributed by atoms with van der Waals surface area (Å²) >= 11 is 3.93. The Labute approximate surface area is 163 Å². The first-order valence-electron chi connectivity index (χ1n) is 8.79. The Morgan fingerprint density at radius 1 is 1.27 bits per heavy atom. The predicted octanol–water partition coefficient (Wildman–Crippen LogP) is 3.94. The summed E-state index contributed by atoms with van der Waals surface area (Å²) < 4.78 is 6.04. The highest BCUT2D eigenvalue weighted by molar-refractivity contribution is 8.16. The Kier molecular flexibility index (Phi) is 7.70. The van der Waals surface area contributed by atoms with Crippen LogP contribution in [0.5, 0.6) is 5.75 Å². The molecule has 1 aliphatic rings. The van der Waals surface area contributed by atoms with Crippen LogP contribution in [0.15, 0.2) is 24.3 Å². The van der Waals surface area contributed by atoms with E-state index in [0.29, 0.717) is 10.3 Å². The molecule has 0 saturated carbocycles. The Morgan fingerprint density at radius 2 is 1.88 bits per heavy atom. The van der Waals surface area contributed by atoms with Gasteiger partial charge >= 0.3 is 5.97 Å². The number of carbonyl (C=O) groups is 2. The van der Waals surface area contributed by atoms with Gasteiger partial charge in [-0.05, 0) is 48.5 Å². The third kappa shape index (κ3) is 6.13. The van der Waals surface area contributed by atoms with Crippen molar-refractivity contribution in [2.24, 2.45) is 5.92 Å². The van der Waals surface area contributed by atoms with Crippen molar-refractivity contribution in [3.8, 4) is 5.75 Å². The molecule has 1 heterocycles. The van der Waals surface area contributed by atoms with Crippen LogP contribution in [0.3, 0.4) is 0 Å². The van der Waals surface area contributed by atoms with Crippen LogP contribution in [-0.2, 0) is 9.59 Å². The number of hydrogen-bond acceptors (Lipinski definition) is 5. The Bertz CT molecular complexity index is 614. The monoisotopic (exact) mass is 397 g/mol. The molecular weight excluding hydrogens is 370 g/mol. The number of carboxylic acids is 1. The van der Waals surface area contributed by atoms with Gasteiger partial charge in [-0.25, -0.2) is 0 Å². The van der Waals surface area contributed by atoms with Crippen LogP contribution >= 0.6 is 23.5 Å². The van der Waals surface area contributed by atoms with E-state index in [9.17, 15) is 9.59 Å². The van der Waals surface area contributed by atoms with Crippen molar-refractivity contribution < 1.29 is 19.4 Å². The lowest BCUT2D eigenvalue weighted by atomic mass is 9.85. The molecule has 1 aliphatic heterocycles. The first-order valence-corrected chi connectivity index (χ1v) is 10.9. The van der Waals surface area contributed by atoms with Gasteiger partial charge in [-0.2, -0.15) is 0 Å². The number of nitrogens with one attached hydrogen (secondary N) is 1. The van der Waals surface area contributed by atoms with Gasteiger partial charge in [-0.15, -0.1) is 23.5 Å². The minimum absolute atomic E-state index is 0.00710. The van der Waals surface area contributed by atoms with Gasteiger partial charge in [0.1, 0.15) is 5.75 Å². The highest BCUT2D eigenvalue weighted by atomic mass is 32.2. The van der Waals surface area contributed by atoms with Crippen molar-refractivity contribution in [3.05, 3.63) is 29.8 Å². The zero-order valence-corrected chi connectivity index (χ0v) is 17.1. The first-order chi connectivity index (χ1) is 12.3. The molecule has 1 fully saturated rings. The molecule has 1 atom stereocenters. The molecule has 1 unspecified atom stereocenters. The van der Waals surface area contributed by atoms with Crippen LogP contribution in [0.2, 0.25) is 0 Å². The maximum Gasteiger partial charge on any atom is 0.305 e. The normalized spacial score (nSPS) is 17.5. The molecule has 144 valence electrons. The third-order valence-electron chi connectivity index (χ3n) is 4.57. The number of amides is 1. The fourth-order valence-electron chi connectivity index (χ4n) is 2.61. The number of carbonyl (C=O) groups excluding carboxylic acids is 1. The van der Waals surface area contributed by atoms with E-state index in [2.05, 4.69) is 5.32 Å². The van der Waals surface area contributed by atoms with Gasteiger partial charge < -0.3 is 15.2 Å². The van der Waals surface area contributed by atoms with E-state index >= 15 is 0 Å². The largest absolute Gasteiger partial charge is 0.484 e. The molecule has 1 aromatic rings. The molecule has 2 rings (SSSR count). The molecule has 26 heavy (non-hydrogen) atoms. The second kappa shape index (κ2) is 9.55. The number of rotatable bonds is 8. The van der Waals surface area contributed by atoms with E-state index in [4.69, 9.17) is 9.84 Å². The summed E-state index contributed by atoms with van der Waals surface area (Å²) in [7, 11) is 0. The average molecular weight is 398 g/mol. The molecule has 1 aromatic carbocycles. The van der Waals surface area contributed by atoms with Gasteiger partial charge in [0.25, 0.3) is 5.91 Å². The second-order valence-electron chi connectivity index (χ2n) is 6.98. The second-order valence-corrected chi connectivity index (χ2v) is 9.70. The van der Waals surface area contributed by atoms with E-state index in [1.165, 1.54) is 23.5 Å². The highest BCUT2D eigenvalue weighted by Crippen LogP contribution is 2.43. The van der Waals surface area contributed by atoms with Crippen LogP contribution in [-0.4, -0.2) is 40.6 Å². The lowest BCUT2D eigenvalue weighted by molar-refractivity contribution is -0.139. The van der Waals surface area contributed by atoms with Crippen LogP contribution in [0, 0.1) is 5.92 Å². The van der Waals surface area contributed by atoms with E-state index in [1.807, 2.05) is 61.6 Å². The first kappa shape index (κ1) is 21.0. The molecule has 1 saturated heterocycles. The number of benzene rings is 1. The van der Waals surface area contributed by atoms with Gasteiger partial charge in [0.05, 0.1) is 16.5 Å². The standard InChI is InChI=1S/C19H27NO4S2/c1-13(2)19(3,11-17(22)23)20-16(21)12-24-15-7-5-14(6-8-15)18-25-9-4-10-26-18/h5-8,13,18H,4,9-12H2,1-3H3,(H,20,21)(H,22,23). The third-order valence-corrected chi connectivity index (χ3v) is 7.58. The van der Waals surface area contributed by atoms with Gasteiger partial charge in [0.2, 0.25) is 0 Å². The molecule has 0 aromatic heterocycles. The number of hydrogen-bond donors (Lipinski definition) is 2. The van der Waals surface area contributed by atoms with Crippen LogP contribution in [0.1, 0.15) is 43.8 Å². The van der Waals surface area contributed by atoms with Crippen molar-refractivity contribution in [1.82, 2.24) is 5.32 Å². The fourth-order valence-corrected chi connectivity index (χ4v) is 5.51. The highest BCUT2D eigenvalue weighted by Gasteiger charge is 2.32. The summed E-state index contributed by atoms with van der Waals surface area (Å²) in [6, 6.07) is 7.87. The quantitative estimate of drug-likeness (QED) is 0.692. The fraction of sp³-hybridized carbons (Fsp3) is 0.579. The van der Waals surface area contributed by atoms with Crippen molar-refractivity contribution in [2.45, 2.75) is 43.7 Å². The smallest absolute Gasteiger partial charge is 0.305 e. The summed E-state index contributed by atoms with van der Waals surface area (Å²) in [6.07, 6.45) is 1.14. The SMILES string of the molecule is CC(C)C(C)(CC(=O)O)NC(=O)COc1ccc(C2SCCCS2)cc1. The summed E-state index contributed by atoms with van der Waals surface area (Å²) in [6.45, 7) is 5.40. The maximum absolute atomic E-state index is 12.2. The molecule has 0 radical (unpaired) electrons. The van der Waals surface area contributed by atoms with E-state index in [1.54, 1.807) is 6.92 Å². The summed E-state index contributed by atoms with van der Waals surface area (Å²) in [5.74, 6) is 1.77. The molecule has 5 nitrogen and oxygen atoms in total. The van der Waals surface area contributed by atoms with Crippen molar-refractivity contribution in [2.75, 3.05) is 18.1 Å². The molecule has 1 amide bonds. The Hall–Kier alpha value is -1.34. The Balaban J connectivity index is 1.87. The van der Waals surface area contributed by atoms with Crippen LogP contribution in [0.4, 0.5) is 0 Å².